The third-order valence-electron chi connectivity index (χ3n) is 6.01. The summed E-state index contributed by atoms with van der Waals surface area (Å²) in [6.45, 7) is 0. The molecule has 0 fully saturated rings. The summed E-state index contributed by atoms with van der Waals surface area (Å²) >= 11 is 0. The van der Waals surface area contributed by atoms with Gasteiger partial charge in [0.1, 0.15) is 17.2 Å². The molecule has 3 aromatic carbocycles. The molecule has 35 heavy (non-hydrogen) atoms. The quantitative estimate of drug-likeness (QED) is 0.305. The van der Waals surface area contributed by atoms with Crippen LogP contribution in [0, 0.1) is 0 Å². The van der Waals surface area contributed by atoms with Gasteiger partial charge in [-0.1, -0.05) is 36.4 Å². The molecular weight excluding hydrogens is 440 g/mol. The zero-order valence-electron chi connectivity index (χ0n) is 19.7. The van der Waals surface area contributed by atoms with E-state index < -0.39 is 0 Å². The molecule has 0 amide bonds. The highest BCUT2D eigenvalue weighted by atomic mass is 16.5. The van der Waals surface area contributed by atoms with Crippen LogP contribution in [0.4, 0.5) is 0 Å². The molecule has 2 aromatic heterocycles. The van der Waals surface area contributed by atoms with Crippen LogP contribution in [0.2, 0.25) is 0 Å². The molecule has 5 aromatic rings. The lowest BCUT2D eigenvalue weighted by Gasteiger charge is -2.12. The van der Waals surface area contributed by atoms with Crippen molar-refractivity contribution in [1.29, 1.82) is 0 Å². The summed E-state index contributed by atoms with van der Waals surface area (Å²) in [5.41, 5.74) is 5.04. The molecule has 0 aliphatic carbocycles. The lowest BCUT2D eigenvalue weighted by atomic mass is 10.0. The summed E-state index contributed by atoms with van der Waals surface area (Å²) in [6.07, 6.45) is 3.43. The molecule has 0 aliphatic rings. The summed E-state index contributed by atoms with van der Waals surface area (Å²) in [6, 6.07) is 25.2. The predicted molar refractivity (Wildman–Crippen MR) is 136 cm³/mol. The smallest absolute Gasteiger partial charge is 0.263 e. The molecule has 0 spiro atoms. The standard InChI is InChI=1S/C29H24N2O4/c1-33-24-10-8-20(9-11-24)19-4-6-21(7-5-19)27-16-22-12-13-30-18-28(22)31(27)29(32)23-14-25(34-2)17-26(15-23)35-3/h4-18H,1-3H3. The van der Waals surface area contributed by atoms with Crippen LogP contribution in [-0.2, 0) is 0 Å². The molecule has 6 nitrogen and oxygen atoms in total. The van der Waals surface area contributed by atoms with E-state index in [0.717, 1.165) is 39.0 Å². The summed E-state index contributed by atoms with van der Waals surface area (Å²) in [5, 5.41) is 0.928. The van der Waals surface area contributed by atoms with E-state index in [1.807, 2.05) is 48.5 Å². The molecule has 0 atom stereocenters. The Morgan fingerprint density at radius 2 is 1.26 bits per heavy atom. The van der Waals surface area contributed by atoms with Crippen LogP contribution in [-0.4, -0.2) is 36.8 Å². The van der Waals surface area contributed by atoms with Crippen molar-refractivity contribution >= 4 is 16.8 Å². The highest BCUT2D eigenvalue weighted by Crippen LogP contribution is 2.32. The highest BCUT2D eigenvalue weighted by Gasteiger charge is 2.20. The molecule has 174 valence electrons. The van der Waals surface area contributed by atoms with Crippen LogP contribution >= 0.6 is 0 Å². The fourth-order valence-corrected chi connectivity index (χ4v) is 4.16. The topological polar surface area (TPSA) is 62.6 Å². The number of ether oxygens (including phenoxy) is 3. The molecule has 0 aliphatic heterocycles. The largest absolute Gasteiger partial charge is 0.497 e. The number of methoxy groups -OCH3 is 3. The van der Waals surface area contributed by atoms with E-state index in [-0.39, 0.29) is 5.91 Å². The van der Waals surface area contributed by atoms with Crippen molar-refractivity contribution in [2.24, 2.45) is 0 Å². The Bertz CT molecular complexity index is 1480. The van der Waals surface area contributed by atoms with E-state index in [1.54, 1.807) is 56.5 Å². The SMILES string of the molecule is COc1ccc(-c2ccc(-c3cc4ccncc4n3C(=O)c3cc(OC)cc(OC)c3)cc2)cc1. The van der Waals surface area contributed by atoms with Crippen molar-refractivity contribution in [3.63, 3.8) is 0 Å². The van der Waals surface area contributed by atoms with Gasteiger partial charge in [-0.25, -0.2) is 0 Å². The number of hydrogen-bond donors (Lipinski definition) is 0. The Hall–Kier alpha value is -4.58. The van der Waals surface area contributed by atoms with Gasteiger partial charge in [-0.2, -0.15) is 0 Å². The number of nitrogens with zero attached hydrogens (tertiary/aromatic N) is 2. The molecular formula is C29H24N2O4. The predicted octanol–water partition coefficient (Wildman–Crippen LogP) is 6.08. The Labute approximate surface area is 203 Å². The number of rotatable bonds is 6. The minimum atomic E-state index is -0.195. The first kappa shape index (κ1) is 22.2. The Kier molecular flexibility index (Phi) is 5.94. The molecule has 0 saturated heterocycles. The zero-order valence-corrected chi connectivity index (χ0v) is 19.7. The number of carbonyl (C=O) groups is 1. The minimum absolute atomic E-state index is 0.195. The molecule has 0 radical (unpaired) electrons. The summed E-state index contributed by atoms with van der Waals surface area (Å²) in [5.74, 6) is 1.72. The summed E-state index contributed by atoms with van der Waals surface area (Å²) in [4.78, 5) is 18.1. The van der Waals surface area contributed by atoms with Crippen molar-refractivity contribution < 1.29 is 19.0 Å². The Morgan fingerprint density at radius 3 is 1.86 bits per heavy atom. The van der Waals surface area contributed by atoms with E-state index in [2.05, 4.69) is 17.1 Å². The number of pyridine rings is 1. The second-order valence-electron chi connectivity index (χ2n) is 8.01. The highest BCUT2D eigenvalue weighted by molar-refractivity contribution is 6.06. The number of benzene rings is 3. The lowest BCUT2D eigenvalue weighted by Crippen LogP contribution is -2.13. The monoisotopic (exact) mass is 464 g/mol. The van der Waals surface area contributed by atoms with Crippen molar-refractivity contribution in [3.05, 3.63) is 96.8 Å². The molecule has 0 saturated carbocycles. The van der Waals surface area contributed by atoms with Gasteiger partial charge in [-0.3, -0.25) is 14.3 Å². The van der Waals surface area contributed by atoms with Crippen LogP contribution in [0.25, 0.3) is 33.3 Å². The van der Waals surface area contributed by atoms with Gasteiger partial charge in [-0.15, -0.1) is 0 Å². The fraction of sp³-hybridized carbons (Fsp3) is 0.103. The van der Waals surface area contributed by atoms with Gasteiger partial charge in [0.05, 0.1) is 38.7 Å². The van der Waals surface area contributed by atoms with Crippen molar-refractivity contribution in [1.82, 2.24) is 9.55 Å². The van der Waals surface area contributed by atoms with Crippen molar-refractivity contribution in [2.75, 3.05) is 21.3 Å². The second-order valence-corrected chi connectivity index (χ2v) is 8.01. The van der Waals surface area contributed by atoms with Crippen LogP contribution < -0.4 is 14.2 Å². The van der Waals surface area contributed by atoms with E-state index in [4.69, 9.17) is 14.2 Å². The first-order chi connectivity index (χ1) is 17.1. The van der Waals surface area contributed by atoms with E-state index in [9.17, 15) is 4.79 Å². The van der Waals surface area contributed by atoms with Gasteiger partial charge in [0.2, 0.25) is 0 Å². The van der Waals surface area contributed by atoms with Gasteiger partial charge in [-0.05, 0) is 53.1 Å². The van der Waals surface area contributed by atoms with Crippen LogP contribution in [0.3, 0.4) is 0 Å². The first-order valence-electron chi connectivity index (χ1n) is 11.1. The molecule has 2 heterocycles. The van der Waals surface area contributed by atoms with Crippen LogP contribution in [0.1, 0.15) is 10.4 Å². The third kappa shape index (κ3) is 4.22. The number of fused-ring (bicyclic) bond motifs is 1. The molecule has 0 bridgehead atoms. The number of carbonyl (C=O) groups excluding carboxylic acids is 1. The molecule has 0 unspecified atom stereocenters. The Balaban J connectivity index is 1.60. The maximum absolute atomic E-state index is 13.8. The molecule has 0 N–H and O–H groups in total. The van der Waals surface area contributed by atoms with E-state index in [1.165, 1.54) is 0 Å². The average Bonchev–Trinajstić information content (AvgIpc) is 3.32. The van der Waals surface area contributed by atoms with Crippen molar-refractivity contribution in [2.45, 2.75) is 0 Å². The zero-order chi connectivity index (χ0) is 24.4. The Morgan fingerprint density at radius 1 is 0.686 bits per heavy atom. The number of aromatic nitrogens is 2. The maximum Gasteiger partial charge on any atom is 0.263 e. The fourth-order valence-electron chi connectivity index (χ4n) is 4.16. The van der Waals surface area contributed by atoms with Crippen molar-refractivity contribution in [3.8, 4) is 39.6 Å². The minimum Gasteiger partial charge on any atom is -0.497 e. The normalized spacial score (nSPS) is 10.8. The molecule has 6 heteroatoms. The van der Waals surface area contributed by atoms with Crippen LogP contribution in [0.5, 0.6) is 17.2 Å². The van der Waals surface area contributed by atoms with Gasteiger partial charge in [0.15, 0.2) is 0 Å². The lowest BCUT2D eigenvalue weighted by molar-refractivity contribution is 0.0966. The second kappa shape index (κ2) is 9.35. The molecule has 5 rings (SSSR count). The average molecular weight is 465 g/mol. The van der Waals surface area contributed by atoms with Gasteiger partial charge in [0, 0.05) is 23.2 Å². The van der Waals surface area contributed by atoms with Gasteiger partial charge >= 0.3 is 0 Å². The van der Waals surface area contributed by atoms with E-state index in [0.29, 0.717) is 17.1 Å². The summed E-state index contributed by atoms with van der Waals surface area (Å²) in [7, 11) is 4.78. The van der Waals surface area contributed by atoms with Gasteiger partial charge in [0.25, 0.3) is 5.91 Å². The first-order valence-corrected chi connectivity index (χ1v) is 11.1. The summed E-state index contributed by atoms with van der Waals surface area (Å²) < 4.78 is 17.7. The van der Waals surface area contributed by atoms with Crippen LogP contribution in [0.15, 0.2) is 91.3 Å². The maximum atomic E-state index is 13.8. The van der Waals surface area contributed by atoms with E-state index >= 15 is 0 Å². The number of hydrogen-bond acceptors (Lipinski definition) is 5. The third-order valence-corrected chi connectivity index (χ3v) is 6.01. The van der Waals surface area contributed by atoms with Gasteiger partial charge < -0.3 is 14.2 Å².